The zero-order valence-corrected chi connectivity index (χ0v) is 9.78. The van der Waals surface area contributed by atoms with Crippen molar-refractivity contribution >= 4 is 11.9 Å². The summed E-state index contributed by atoms with van der Waals surface area (Å²) in [6, 6.07) is 0. The first-order valence-corrected chi connectivity index (χ1v) is 5.64. The van der Waals surface area contributed by atoms with Crippen LogP contribution in [0, 0.1) is 0 Å². The van der Waals surface area contributed by atoms with E-state index in [1.807, 2.05) is 0 Å². The second-order valence-corrected chi connectivity index (χ2v) is 4.49. The van der Waals surface area contributed by atoms with Crippen molar-refractivity contribution < 1.29 is 19.4 Å². The lowest BCUT2D eigenvalue weighted by molar-refractivity contribution is -0.147. The van der Waals surface area contributed by atoms with Crippen molar-refractivity contribution in [3.63, 3.8) is 0 Å². The van der Waals surface area contributed by atoms with Crippen molar-refractivity contribution in [1.29, 1.82) is 0 Å². The van der Waals surface area contributed by atoms with Crippen LogP contribution in [0.2, 0.25) is 0 Å². The quantitative estimate of drug-likeness (QED) is 0.387. The van der Waals surface area contributed by atoms with E-state index < -0.39 is 23.1 Å². The smallest absolute Gasteiger partial charge is 0.349 e. The molecule has 2 atom stereocenters. The molecule has 1 saturated heterocycles. The Morgan fingerprint density at radius 3 is 2.31 bits per heavy atom. The molecule has 16 heavy (non-hydrogen) atoms. The highest BCUT2D eigenvalue weighted by molar-refractivity contribution is 6.09. The molecule has 1 fully saturated rings. The van der Waals surface area contributed by atoms with Crippen LogP contribution in [0.5, 0.6) is 0 Å². The number of hydrogen-bond acceptors (Lipinski definition) is 3. The zero-order valence-electron chi connectivity index (χ0n) is 9.78. The third kappa shape index (κ3) is 1.91. The van der Waals surface area contributed by atoms with Crippen LogP contribution in [0.1, 0.15) is 46.0 Å². The Morgan fingerprint density at radius 2 is 1.94 bits per heavy atom. The average Bonchev–Trinajstić information content (AvgIpc) is 2.82. The number of unbranched alkanes of at least 4 members (excludes halogenated alkanes) is 3. The van der Waals surface area contributed by atoms with Crippen molar-refractivity contribution in [2.45, 2.75) is 57.2 Å². The molecule has 1 rings (SSSR count). The molecule has 92 valence electrons. The minimum Gasteiger partial charge on any atom is -0.479 e. The van der Waals surface area contributed by atoms with Gasteiger partial charge in [0, 0.05) is 0 Å². The van der Waals surface area contributed by atoms with E-state index in [0.717, 1.165) is 25.7 Å². The fourth-order valence-electron chi connectivity index (χ4n) is 2.11. The Labute approximate surface area is 95.0 Å². The van der Waals surface area contributed by atoms with E-state index in [1.54, 1.807) is 6.92 Å². The first-order chi connectivity index (χ1) is 7.40. The van der Waals surface area contributed by atoms with Crippen LogP contribution in [-0.4, -0.2) is 28.2 Å². The largest absolute Gasteiger partial charge is 0.479 e. The maximum absolute atomic E-state index is 11.1. The molecule has 2 unspecified atom stereocenters. The summed E-state index contributed by atoms with van der Waals surface area (Å²) in [5, 5.41) is 8.99. The van der Waals surface area contributed by atoms with Gasteiger partial charge in [0.25, 0.3) is 11.5 Å². The maximum Gasteiger partial charge on any atom is 0.349 e. The van der Waals surface area contributed by atoms with Crippen molar-refractivity contribution in [2.75, 3.05) is 0 Å². The average molecular weight is 229 g/mol. The van der Waals surface area contributed by atoms with Gasteiger partial charge in [-0.15, -0.1) is 0 Å². The third-order valence-electron chi connectivity index (χ3n) is 3.24. The molecule has 1 heterocycles. The number of ether oxygens (including phenoxy) is 1. The van der Waals surface area contributed by atoms with Gasteiger partial charge in [-0.05, 0) is 13.3 Å². The van der Waals surface area contributed by atoms with E-state index in [2.05, 4.69) is 6.92 Å². The Balaban J connectivity index is 2.55. The highest BCUT2D eigenvalue weighted by Crippen LogP contribution is 2.51. The highest BCUT2D eigenvalue weighted by Gasteiger charge is 2.76. The summed E-state index contributed by atoms with van der Waals surface area (Å²) in [4.78, 5) is 22.1. The van der Waals surface area contributed by atoms with Crippen LogP contribution in [0.3, 0.4) is 0 Å². The number of carbonyl (C=O) groups excluding carboxylic acids is 1. The van der Waals surface area contributed by atoms with Crippen molar-refractivity contribution in [2.24, 2.45) is 5.73 Å². The molecule has 0 saturated carbocycles. The van der Waals surface area contributed by atoms with Gasteiger partial charge in [0.15, 0.2) is 0 Å². The predicted octanol–water partition coefficient (Wildman–Crippen LogP) is 1.05. The molecule has 1 amide bonds. The summed E-state index contributed by atoms with van der Waals surface area (Å²) >= 11 is 0. The summed E-state index contributed by atoms with van der Waals surface area (Å²) < 4.78 is 5.12. The fraction of sp³-hybridized carbons (Fsp3) is 0.818. The number of rotatable bonds is 7. The van der Waals surface area contributed by atoms with Crippen molar-refractivity contribution in [1.82, 2.24) is 0 Å². The van der Waals surface area contributed by atoms with Crippen LogP contribution < -0.4 is 5.73 Å². The van der Waals surface area contributed by atoms with E-state index in [0.29, 0.717) is 6.42 Å². The number of hydrogen-bond donors (Lipinski definition) is 2. The first kappa shape index (κ1) is 13.0. The Kier molecular flexibility index (Phi) is 3.57. The van der Waals surface area contributed by atoms with Gasteiger partial charge in [-0.3, -0.25) is 4.79 Å². The molecule has 0 aromatic rings. The molecular formula is C11H19NO4. The number of epoxide rings is 1. The van der Waals surface area contributed by atoms with E-state index in [4.69, 9.17) is 15.6 Å². The molecule has 0 radical (unpaired) electrons. The summed E-state index contributed by atoms with van der Waals surface area (Å²) in [7, 11) is 0. The minimum atomic E-state index is -1.79. The van der Waals surface area contributed by atoms with Gasteiger partial charge in [0.1, 0.15) is 5.60 Å². The number of nitrogens with two attached hydrogens (primary N) is 1. The lowest BCUT2D eigenvalue weighted by Gasteiger charge is -2.09. The highest BCUT2D eigenvalue weighted by atomic mass is 16.7. The standard InChI is InChI=1S/C11H19NO4/c1-3-4-5-6-7-10(2)11(16-10,8(12)13)9(14)15/h3-7H2,1-2H3,(H2,12,13)(H,14,15). The molecule has 1 aliphatic heterocycles. The Bertz CT molecular complexity index is 288. The van der Waals surface area contributed by atoms with Gasteiger partial charge in [-0.25, -0.2) is 4.79 Å². The van der Waals surface area contributed by atoms with Gasteiger partial charge in [0.2, 0.25) is 0 Å². The van der Waals surface area contributed by atoms with E-state index >= 15 is 0 Å². The van der Waals surface area contributed by atoms with Crippen LogP contribution in [-0.2, 0) is 14.3 Å². The molecule has 0 spiro atoms. The van der Waals surface area contributed by atoms with Crippen LogP contribution in [0.4, 0.5) is 0 Å². The fourth-order valence-corrected chi connectivity index (χ4v) is 2.11. The summed E-state index contributed by atoms with van der Waals surface area (Å²) in [5.41, 5.74) is 2.38. The van der Waals surface area contributed by atoms with Crippen molar-refractivity contribution in [3.05, 3.63) is 0 Å². The van der Waals surface area contributed by atoms with Gasteiger partial charge >= 0.3 is 5.97 Å². The molecule has 0 aromatic heterocycles. The molecule has 0 aliphatic carbocycles. The SMILES string of the molecule is CCCCCCC1(C)OC1(C(N)=O)C(=O)O. The van der Waals surface area contributed by atoms with Gasteiger partial charge in [-0.1, -0.05) is 32.6 Å². The number of carboxylic acids is 1. The number of aliphatic carboxylic acids is 1. The monoisotopic (exact) mass is 229 g/mol. The Morgan fingerprint density at radius 1 is 1.31 bits per heavy atom. The van der Waals surface area contributed by atoms with E-state index in [-0.39, 0.29) is 0 Å². The second-order valence-electron chi connectivity index (χ2n) is 4.49. The number of amides is 1. The topological polar surface area (TPSA) is 92.9 Å². The maximum atomic E-state index is 11.1. The van der Waals surface area contributed by atoms with Gasteiger partial charge < -0.3 is 15.6 Å². The number of carboxylic acid groups (broad SMARTS) is 1. The second kappa shape index (κ2) is 4.41. The Hall–Kier alpha value is -1.10. The number of primary amides is 1. The summed E-state index contributed by atoms with van der Waals surface area (Å²) in [5.74, 6) is -2.18. The van der Waals surface area contributed by atoms with Gasteiger partial charge in [0.05, 0.1) is 0 Å². The van der Waals surface area contributed by atoms with Gasteiger partial charge in [-0.2, -0.15) is 0 Å². The molecule has 0 bridgehead atoms. The predicted molar refractivity (Wildman–Crippen MR) is 57.8 cm³/mol. The molecule has 5 nitrogen and oxygen atoms in total. The molecule has 5 heteroatoms. The lowest BCUT2D eigenvalue weighted by Crippen LogP contribution is -2.45. The molecule has 0 aromatic carbocycles. The van der Waals surface area contributed by atoms with Crippen LogP contribution in [0.25, 0.3) is 0 Å². The summed E-state index contributed by atoms with van der Waals surface area (Å²) in [6.07, 6.45) is 4.64. The van der Waals surface area contributed by atoms with E-state index in [1.165, 1.54) is 0 Å². The van der Waals surface area contributed by atoms with E-state index in [9.17, 15) is 9.59 Å². The third-order valence-corrected chi connectivity index (χ3v) is 3.24. The summed E-state index contributed by atoms with van der Waals surface area (Å²) in [6.45, 7) is 3.73. The van der Waals surface area contributed by atoms with Crippen molar-refractivity contribution in [3.8, 4) is 0 Å². The molecular weight excluding hydrogens is 210 g/mol. The number of carbonyl (C=O) groups is 2. The zero-order chi connectivity index (χ0) is 12.4. The first-order valence-electron chi connectivity index (χ1n) is 5.64. The minimum absolute atomic E-state index is 0.558. The molecule has 3 N–H and O–H groups in total. The normalized spacial score (nSPS) is 32.4. The van der Waals surface area contributed by atoms with Crippen LogP contribution in [0.15, 0.2) is 0 Å². The lowest BCUT2D eigenvalue weighted by atomic mass is 9.88. The molecule has 1 aliphatic rings. The van der Waals surface area contributed by atoms with Crippen LogP contribution >= 0.6 is 0 Å².